The fourth-order valence-electron chi connectivity index (χ4n) is 2.91. The van der Waals surface area contributed by atoms with E-state index in [0.29, 0.717) is 18.8 Å². The first-order chi connectivity index (χ1) is 11.0. The molecule has 0 unspecified atom stereocenters. The van der Waals surface area contributed by atoms with Crippen LogP contribution in [0, 0.1) is 6.92 Å². The summed E-state index contributed by atoms with van der Waals surface area (Å²) >= 11 is 0. The predicted molar refractivity (Wildman–Crippen MR) is 84.8 cm³/mol. The van der Waals surface area contributed by atoms with E-state index in [4.69, 9.17) is 4.74 Å². The molecule has 1 fully saturated rings. The van der Waals surface area contributed by atoms with Gasteiger partial charge < -0.3 is 4.74 Å². The topological polar surface area (TPSA) is 88.2 Å². The molecule has 1 N–H and O–H groups in total. The van der Waals surface area contributed by atoms with Gasteiger partial charge in [-0.3, -0.25) is 5.10 Å². The minimum absolute atomic E-state index is 0.225. The molecular weight excluding hydrogens is 316 g/mol. The van der Waals surface area contributed by atoms with Gasteiger partial charge in [0.1, 0.15) is 22.8 Å². The third-order valence-corrected chi connectivity index (χ3v) is 6.13. The maximum absolute atomic E-state index is 12.9. The van der Waals surface area contributed by atoms with E-state index in [1.165, 1.54) is 17.7 Å². The summed E-state index contributed by atoms with van der Waals surface area (Å²) in [5, 5.41) is 6.73. The third kappa shape index (κ3) is 3.09. The maximum Gasteiger partial charge on any atom is 0.246 e. The first kappa shape index (κ1) is 15.9. The highest BCUT2D eigenvalue weighted by Crippen LogP contribution is 2.32. The molecule has 1 aliphatic heterocycles. The monoisotopic (exact) mass is 336 g/mol. The number of nitrogens with zero attached hydrogens (tertiary/aromatic N) is 3. The van der Waals surface area contributed by atoms with Crippen molar-refractivity contribution in [1.29, 1.82) is 0 Å². The van der Waals surface area contributed by atoms with E-state index in [0.717, 1.165) is 24.2 Å². The number of hydrogen-bond acceptors (Lipinski definition) is 5. The van der Waals surface area contributed by atoms with Crippen LogP contribution in [0.3, 0.4) is 0 Å². The molecule has 1 aliphatic rings. The largest absolute Gasteiger partial charge is 0.495 e. The number of rotatable bonds is 4. The van der Waals surface area contributed by atoms with Crippen LogP contribution in [0.1, 0.15) is 30.1 Å². The van der Waals surface area contributed by atoms with E-state index in [1.807, 2.05) is 13.0 Å². The molecule has 124 valence electrons. The Hall–Kier alpha value is -1.93. The second kappa shape index (κ2) is 6.29. The van der Waals surface area contributed by atoms with Gasteiger partial charge in [0.25, 0.3) is 0 Å². The summed E-state index contributed by atoms with van der Waals surface area (Å²) in [5.41, 5.74) is 0.890. The Morgan fingerprint density at radius 1 is 1.30 bits per heavy atom. The Balaban J connectivity index is 1.81. The van der Waals surface area contributed by atoms with Crippen molar-refractivity contribution >= 4 is 10.0 Å². The quantitative estimate of drug-likeness (QED) is 0.918. The van der Waals surface area contributed by atoms with E-state index in [2.05, 4.69) is 15.2 Å². The summed E-state index contributed by atoms with van der Waals surface area (Å²) in [6, 6.07) is 5.20. The summed E-state index contributed by atoms with van der Waals surface area (Å²) in [6.45, 7) is 2.80. The molecule has 0 amide bonds. The molecule has 3 rings (SSSR count). The first-order valence-corrected chi connectivity index (χ1v) is 8.96. The standard InChI is InChI=1S/C15H20N4O3S/c1-11-3-4-13(22-2)14(9-11)23(20,21)19-7-5-12(6-8-19)15-16-10-17-18-15/h3-4,9-10,12H,5-8H2,1-2H3,(H,16,17,18). The van der Waals surface area contributed by atoms with Gasteiger partial charge in [0, 0.05) is 19.0 Å². The number of aromatic amines is 1. The molecule has 7 nitrogen and oxygen atoms in total. The minimum atomic E-state index is -3.56. The van der Waals surface area contributed by atoms with Crippen molar-refractivity contribution in [2.45, 2.75) is 30.6 Å². The molecule has 1 aromatic carbocycles. The van der Waals surface area contributed by atoms with Gasteiger partial charge >= 0.3 is 0 Å². The zero-order valence-electron chi connectivity index (χ0n) is 13.2. The Morgan fingerprint density at radius 2 is 2.04 bits per heavy atom. The molecule has 2 aromatic rings. The van der Waals surface area contributed by atoms with Crippen molar-refractivity contribution < 1.29 is 13.2 Å². The van der Waals surface area contributed by atoms with Crippen LogP contribution < -0.4 is 4.74 Å². The van der Waals surface area contributed by atoms with Crippen LogP contribution in [0.4, 0.5) is 0 Å². The lowest BCUT2D eigenvalue weighted by Crippen LogP contribution is -2.38. The van der Waals surface area contributed by atoms with Crippen molar-refractivity contribution in [1.82, 2.24) is 19.5 Å². The molecule has 0 bridgehead atoms. The number of aromatic nitrogens is 3. The number of ether oxygens (including phenoxy) is 1. The van der Waals surface area contributed by atoms with Crippen molar-refractivity contribution in [2.75, 3.05) is 20.2 Å². The minimum Gasteiger partial charge on any atom is -0.495 e. The Kier molecular flexibility index (Phi) is 4.36. The van der Waals surface area contributed by atoms with E-state index in [1.54, 1.807) is 12.1 Å². The lowest BCUT2D eigenvalue weighted by atomic mass is 9.98. The van der Waals surface area contributed by atoms with Gasteiger partial charge in [-0.2, -0.15) is 9.40 Å². The fourth-order valence-corrected chi connectivity index (χ4v) is 4.62. The molecule has 1 aromatic heterocycles. The Morgan fingerprint density at radius 3 is 2.65 bits per heavy atom. The molecule has 0 spiro atoms. The van der Waals surface area contributed by atoms with Crippen LogP contribution >= 0.6 is 0 Å². The normalized spacial score (nSPS) is 17.3. The van der Waals surface area contributed by atoms with Gasteiger partial charge in [-0.25, -0.2) is 13.4 Å². The SMILES string of the molecule is COc1ccc(C)cc1S(=O)(=O)N1CCC(c2ncn[nH]2)CC1. The van der Waals surface area contributed by atoms with Gasteiger partial charge in [-0.1, -0.05) is 6.07 Å². The smallest absolute Gasteiger partial charge is 0.246 e. The number of sulfonamides is 1. The highest BCUT2D eigenvalue weighted by Gasteiger charge is 2.32. The molecule has 8 heteroatoms. The van der Waals surface area contributed by atoms with E-state index < -0.39 is 10.0 Å². The molecular formula is C15H20N4O3S. The van der Waals surface area contributed by atoms with Crippen LogP contribution in [0.15, 0.2) is 29.4 Å². The number of nitrogens with one attached hydrogen (secondary N) is 1. The van der Waals surface area contributed by atoms with Crippen LogP contribution in [0.25, 0.3) is 0 Å². The summed E-state index contributed by atoms with van der Waals surface area (Å²) < 4.78 is 32.6. The fraction of sp³-hybridized carbons (Fsp3) is 0.467. The summed E-state index contributed by atoms with van der Waals surface area (Å²) in [6.07, 6.45) is 2.93. The first-order valence-electron chi connectivity index (χ1n) is 7.52. The second-order valence-corrected chi connectivity index (χ2v) is 7.61. The molecule has 23 heavy (non-hydrogen) atoms. The Bertz CT molecular complexity index is 766. The van der Waals surface area contributed by atoms with Gasteiger partial charge in [0.15, 0.2) is 0 Å². The summed E-state index contributed by atoms with van der Waals surface area (Å²) in [4.78, 5) is 4.40. The zero-order valence-corrected chi connectivity index (χ0v) is 14.0. The number of benzene rings is 1. The van der Waals surface area contributed by atoms with Crippen LogP contribution in [-0.4, -0.2) is 48.1 Å². The third-order valence-electron chi connectivity index (χ3n) is 4.21. The average Bonchev–Trinajstić information content (AvgIpc) is 3.09. The highest BCUT2D eigenvalue weighted by molar-refractivity contribution is 7.89. The van der Waals surface area contributed by atoms with E-state index in [9.17, 15) is 8.42 Å². The molecule has 0 atom stereocenters. The van der Waals surface area contributed by atoms with Crippen LogP contribution in [0.2, 0.25) is 0 Å². The maximum atomic E-state index is 12.9. The van der Waals surface area contributed by atoms with E-state index >= 15 is 0 Å². The highest BCUT2D eigenvalue weighted by atomic mass is 32.2. The number of aryl methyl sites for hydroxylation is 1. The zero-order chi connectivity index (χ0) is 16.4. The number of methoxy groups -OCH3 is 1. The Labute approximate surface area is 135 Å². The van der Waals surface area contributed by atoms with Crippen LogP contribution in [0.5, 0.6) is 5.75 Å². The van der Waals surface area contributed by atoms with E-state index in [-0.39, 0.29) is 10.8 Å². The van der Waals surface area contributed by atoms with Crippen molar-refractivity contribution in [3.63, 3.8) is 0 Å². The van der Waals surface area contributed by atoms with Gasteiger partial charge in [-0.05, 0) is 37.5 Å². The molecule has 0 saturated carbocycles. The lowest BCUT2D eigenvalue weighted by Gasteiger charge is -2.30. The lowest BCUT2D eigenvalue weighted by molar-refractivity contribution is 0.312. The molecule has 1 saturated heterocycles. The van der Waals surface area contributed by atoms with Crippen molar-refractivity contribution in [3.05, 3.63) is 35.9 Å². The van der Waals surface area contributed by atoms with Crippen LogP contribution in [-0.2, 0) is 10.0 Å². The van der Waals surface area contributed by atoms with Gasteiger partial charge in [0.05, 0.1) is 7.11 Å². The second-order valence-electron chi connectivity index (χ2n) is 5.70. The average molecular weight is 336 g/mol. The van der Waals surface area contributed by atoms with Crippen molar-refractivity contribution in [3.8, 4) is 5.75 Å². The number of hydrogen-bond donors (Lipinski definition) is 1. The van der Waals surface area contributed by atoms with Gasteiger partial charge in [0.2, 0.25) is 10.0 Å². The molecule has 0 radical (unpaired) electrons. The van der Waals surface area contributed by atoms with Gasteiger partial charge in [-0.15, -0.1) is 0 Å². The van der Waals surface area contributed by atoms with Crippen molar-refractivity contribution in [2.24, 2.45) is 0 Å². The number of H-pyrrole nitrogens is 1. The summed E-state index contributed by atoms with van der Waals surface area (Å²) in [7, 11) is -2.07. The molecule has 0 aliphatic carbocycles. The number of piperidine rings is 1. The predicted octanol–water partition coefficient (Wildman–Crippen LogP) is 1.69. The summed E-state index contributed by atoms with van der Waals surface area (Å²) in [5.74, 6) is 1.44. The molecule has 2 heterocycles.